The number of piperazine rings is 1. The zero-order valence-electron chi connectivity index (χ0n) is 24.1. The van der Waals surface area contributed by atoms with Crippen LogP contribution in [-0.2, 0) is 11.2 Å². The van der Waals surface area contributed by atoms with Crippen LogP contribution in [0.5, 0.6) is 0 Å². The van der Waals surface area contributed by atoms with E-state index in [0.717, 1.165) is 35.3 Å². The molecule has 7 nitrogen and oxygen atoms in total. The van der Waals surface area contributed by atoms with Gasteiger partial charge in [0.15, 0.2) is 5.16 Å². The molecule has 218 valence electrons. The number of hydrogen-bond acceptors (Lipinski definition) is 5. The summed E-state index contributed by atoms with van der Waals surface area (Å²) in [5, 5.41) is 10.5. The summed E-state index contributed by atoms with van der Waals surface area (Å²) in [6.07, 6.45) is 2.90. The molecule has 5 rings (SSSR count). The Kier molecular flexibility index (Phi) is 9.97. The van der Waals surface area contributed by atoms with Crippen molar-refractivity contribution < 1.29 is 9.59 Å². The highest BCUT2D eigenvalue weighted by Gasteiger charge is 2.30. The number of benzene rings is 3. The van der Waals surface area contributed by atoms with Gasteiger partial charge >= 0.3 is 0 Å². The van der Waals surface area contributed by atoms with Gasteiger partial charge in [-0.2, -0.15) is 0 Å². The summed E-state index contributed by atoms with van der Waals surface area (Å²) < 4.78 is 2.17. The highest BCUT2D eigenvalue weighted by molar-refractivity contribution is 7.99. The molecule has 1 atom stereocenters. The Morgan fingerprint density at radius 2 is 1.74 bits per heavy atom. The number of carbonyl (C=O) groups is 2. The normalized spacial score (nSPS) is 15.2. The number of halogens is 1. The van der Waals surface area contributed by atoms with E-state index in [4.69, 9.17) is 11.6 Å². The van der Waals surface area contributed by atoms with Crippen LogP contribution >= 0.6 is 23.4 Å². The molecule has 4 aromatic rings. The van der Waals surface area contributed by atoms with Crippen molar-refractivity contribution in [1.82, 2.24) is 24.6 Å². The van der Waals surface area contributed by atoms with Crippen molar-refractivity contribution in [3.63, 3.8) is 0 Å². The first-order chi connectivity index (χ1) is 20.4. The highest BCUT2D eigenvalue weighted by Crippen LogP contribution is 2.26. The highest BCUT2D eigenvalue weighted by atomic mass is 35.5. The summed E-state index contributed by atoms with van der Waals surface area (Å²) in [7, 11) is 0. The smallest absolute Gasteiger partial charge is 0.254 e. The molecule has 0 aliphatic carbocycles. The minimum atomic E-state index is -0.0531. The van der Waals surface area contributed by atoms with Crippen LogP contribution in [0.25, 0.3) is 5.69 Å². The average molecular weight is 602 g/mol. The second-order valence-corrected chi connectivity index (χ2v) is 12.2. The van der Waals surface area contributed by atoms with E-state index >= 15 is 0 Å². The minimum absolute atomic E-state index is 0.0420. The first kappa shape index (κ1) is 29.9. The zero-order valence-corrected chi connectivity index (χ0v) is 25.7. The molecule has 1 aliphatic heterocycles. The second kappa shape index (κ2) is 14.0. The molecule has 1 unspecified atom stereocenters. The van der Waals surface area contributed by atoms with Gasteiger partial charge in [0.05, 0.1) is 5.69 Å². The lowest BCUT2D eigenvalue weighted by atomic mass is 10.1. The third-order valence-corrected chi connectivity index (χ3v) is 8.84. The molecule has 9 heteroatoms. The quantitative estimate of drug-likeness (QED) is 0.154. The molecule has 0 N–H and O–H groups in total. The first-order valence-electron chi connectivity index (χ1n) is 14.4. The topological polar surface area (TPSA) is 71.3 Å². The van der Waals surface area contributed by atoms with Crippen LogP contribution in [0, 0.1) is 6.92 Å². The largest absolute Gasteiger partial charge is 0.339 e. The zero-order chi connectivity index (χ0) is 29.5. The van der Waals surface area contributed by atoms with Crippen LogP contribution < -0.4 is 0 Å². The molecule has 1 aliphatic rings. The fourth-order valence-corrected chi connectivity index (χ4v) is 6.47. The van der Waals surface area contributed by atoms with Gasteiger partial charge in [0.1, 0.15) is 5.82 Å². The maximum Gasteiger partial charge on any atom is 0.254 e. The molecule has 0 saturated carbocycles. The van der Waals surface area contributed by atoms with Crippen LogP contribution in [0.4, 0.5) is 0 Å². The SMILES string of the molecule is Cc1ccccc1-n1c(Cc2ccccc2)nnc1SCCCCC(=O)N1CCN(C(=O)c2cccc(Cl)c2)C(C)C1. The minimum Gasteiger partial charge on any atom is -0.339 e. The van der Waals surface area contributed by atoms with Gasteiger partial charge in [0, 0.05) is 54.9 Å². The maximum absolute atomic E-state index is 13.0. The number of aryl methyl sites for hydroxylation is 1. The maximum atomic E-state index is 13.0. The van der Waals surface area contributed by atoms with E-state index in [-0.39, 0.29) is 17.9 Å². The van der Waals surface area contributed by atoms with Crippen molar-refractivity contribution in [3.8, 4) is 5.69 Å². The summed E-state index contributed by atoms with van der Waals surface area (Å²) in [6, 6.07) is 25.6. The van der Waals surface area contributed by atoms with Crippen molar-refractivity contribution in [2.24, 2.45) is 0 Å². The fourth-order valence-electron chi connectivity index (χ4n) is 5.32. The Hall–Kier alpha value is -3.62. The van der Waals surface area contributed by atoms with Gasteiger partial charge in [-0.3, -0.25) is 14.2 Å². The van der Waals surface area contributed by atoms with Crippen molar-refractivity contribution in [2.45, 2.75) is 50.7 Å². The summed E-state index contributed by atoms with van der Waals surface area (Å²) in [5.74, 6) is 1.87. The van der Waals surface area contributed by atoms with Crippen LogP contribution in [0.15, 0.2) is 84.0 Å². The Labute approximate surface area is 256 Å². The molecular weight excluding hydrogens is 566 g/mol. The van der Waals surface area contributed by atoms with Crippen molar-refractivity contribution in [1.29, 1.82) is 0 Å². The number of hydrogen-bond donors (Lipinski definition) is 0. The van der Waals surface area contributed by atoms with Crippen LogP contribution in [0.1, 0.15) is 53.5 Å². The molecule has 0 spiro atoms. The third-order valence-electron chi connectivity index (χ3n) is 7.59. The van der Waals surface area contributed by atoms with Gasteiger partial charge in [-0.05, 0) is 62.1 Å². The standard InChI is InChI=1S/C33H36ClN5O2S/c1-24-11-6-7-16-29(24)39-30(21-26-12-4-3-5-13-26)35-36-33(39)42-20-9-8-17-31(40)37-18-19-38(25(2)23-37)32(41)27-14-10-15-28(34)22-27/h3-7,10-16,22,25H,8-9,17-21,23H2,1-2H3. The Balaban J connectivity index is 1.13. The van der Waals surface area contributed by atoms with Crippen LogP contribution in [0.2, 0.25) is 5.02 Å². The Morgan fingerprint density at radius 1 is 0.952 bits per heavy atom. The number of thioether (sulfide) groups is 1. The van der Waals surface area contributed by atoms with Crippen molar-refractivity contribution in [3.05, 3.63) is 106 Å². The molecule has 2 amide bonds. The molecule has 0 bridgehead atoms. The monoisotopic (exact) mass is 601 g/mol. The van der Waals surface area contributed by atoms with Crippen LogP contribution in [-0.4, -0.2) is 67.8 Å². The van der Waals surface area contributed by atoms with Gasteiger partial charge < -0.3 is 9.80 Å². The van der Waals surface area contributed by atoms with E-state index < -0.39 is 0 Å². The fraction of sp³-hybridized carbons (Fsp3) is 0.333. The summed E-state index contributed by atoms with van der Waals surface area (Å²) in [4.78, 5) is 29.7. The molecular formula is C33H36ClN5O2S. The summed E-state index contributed by atoms with van der Waals surface area (Å²) >= 11 is 7.76. The number of amides is 2. The molecule has 1 aromatic heterocycles. The molecule has 2 heterocycles. The average Bonchev–Trinajstić information content (AvgIpc) is 3.38. The number of rotatable bonds is 10. The molecule has 1 fully saturated rings. The summed E-state index contributed by atoms with van der Waals surface area (Å²) in [6.45, 7) is 5.72. The van der Waals surface area contributed by atoms with E-state index in [2.05, 4.69) is 46.0 Å². The number of nitrogens with zero attached hydrogens (tertiary/aromatic N) is 5. The van der Waals surface area contributed by atoms with E-state index in [0.29, 0.717) is 43.1 Å². The number of unbranched alkanes of at least 4 members (excludes halogenated alkanes) is 1. The number of aromatic nitrogens is 3. The molecule has 3 aromatic carbocycles. The van der Waals surface area contributed by atoms with Gasteiger partial charge in [-0.1, -0.05) is 78.0 Å². The molecule has 42 heavy (non-hydrogen) atoms. The Morgan fingerprint density at radius 3 is 2.50 bits per heavy atom. The van der Waals surface area contributed by atoms with E-state index in [9.17, 15) is 9.59 Å². The lowest BCUT2D eigenvalue weighted by molar-refractivity contribution is -0.133. The number of carbonyl (C=O) groups excluding carboxylic acids is 2. The third kappa shape index (κ3) is 7.23. The second-order valence-electron chi connectivity index (χ2n) is 10.7. The van der Waals surface area contributed by atoms with Gasteiger partial charge in [0.25, 0.3) is 5.91 Å². The lowest BCUT2D eigenvalue weighted by Gasteiger charge is -2.40. The molecule has 0 radical (unpaired) electrons. The van der Waals surface area contributed by atoms with Gasteiger partial charge in [-0.25, -0.2) is 0 Å². The summed E-state index contributed by atoms with van der Waals surface area (Å²) in [5.41, 5.74) is 4.03. The van der Waals surface area contributed by atoms with Crippen LogP contribution in [0.3, 0.4) is 0 Å². The lowest BCUT2D eigenvalue weighted by Crippen LogP contribution is -2.55. The first-order valence-corrected chi connectivity index (χ1v) is 15.8. The molecule has 1 saturated heterocycles. The van der Waals surface area contributed by atoms with Crippen molar-refractivity contribution >= 4 is 35.2 Å². The Bertz CT molecular complexity index is 1530. The van der Waals surface area contributed by atoms with E-state index in [1.54, 1.807) is 36.0 Å². The van der Waals surface area contributed by atoms with Gasteiger partial charge in [0.2, 0.25) is 5.91 Å². The van der Waals surface area contributed by atoms with E-state index in [1.807, 2.05) is 47.1 Å². The number of para-hydroxylation sites is 1. The predicted octanol–water partition coefficient (Wildman–Crippen LogP) is 6.46. The van der Waals surface area contributed by atoms with Crippen molar-refractivity contribution in [2.75, 3.05) is 25.4 Å². The predicted molar refractivity (Wildman–Crippen MR) is 168 cm³/mol. The van der Waals surface area contributed by atoms with E-state index in [1.165, 1.54) is 11.1 Å². The van der Waals surface area contributed by atoms with Gasteiger partial charge in [-0.15, -0.1) is 10.2 Å².